The van der Waals surface area contributed by atoms with Crippen LogP contribution in [0.1, 0.15) is 61.0 Å². The van der Waals surface area contributed by atoms with Crippen molar-refractivity contribution >= 4 is 22.7 Å². The number of hydrogen-bond donors (Lipinski definition) is 1. The number of aromatic nitrogens is 5. The van der Waals surface area contributed by atoms with Gasteiger partial charge in [-0.2, -0.15) is 5.10 Å². The molecule has 0 radical (unpaired) electrons. The van der Waals surface area contributed by atoms with Gasteiger partial charge in [-0.3, -0.25) is 9.59 Å². The maximum absolute atomic E-state index is 13.4. The van der Waals surface area contributed by atoms with Crippen LogP contribution in [0.15, 0.2) is 41.3 Å². The van der Waals surface area contributed by atoms with Gasteiger partial charge in [-0.15, -0.1) is 0 Å². The fourth-order valence-electron chi connectivity index (χ4n) is 4.33. The number of rotatable bonds is 5. The van der Waals surface area contributed by atoms with E-state index in [-0.39, 0.29) is 18.2 Å². The number of carbonyl (C=O) groups excluding carboxylic acids is 2. The number of fused-ring (bicyclic) bond motifs is 1. The van der Waals surface area contributed by atoms with Crippen LogP contribution in [0.2, 0.25) is 0 Å². The molecule has 1 N–H and O–H groups in total. The van der Waals surface area contributed by atoms with Gasteiger partial charge in [0.25, 0.3) is 5.91 Å². The number of pyridine rings is 1. The highest BCUT2D eigenvalue weighted by atomic mass is 16.2. The third-order valence-electron chi connectivity index (χ3n) is 6.19. The minimum Gasteiger partial charge on any atom is -0.348 e. The first-order chi connectivity index (χ1) is 15.8. The van der Waals surface area contributed by atoms with Crippen molar-refractivity contribution in [1.29, 1.82) is 0 Å². The third kappa shape index (κ3) is 3.97. The summed E-state index contributed by atoms with van der Waals surface area (Å²) in [5, 5.41) is 8.40. The quantitative estimate of drug-likeness (QED) is 0.645. The lowest BCUT2D eigenvalue weighted by Crippen LogP contribution is -2.29. The van der Waals surface area contributed by atoms with Gasteiger partial charge in [-0.05, 0) is 52.2 Å². The minimum absolute atomic E-state index is 0.0582. The van der Waals surface area contributed by atoms with E-state index >= 15 is 0 Å². The molecule has 0 atom stereocenters. The zero-order valence-electron chi connectivity index (χ0n) is 19.3. The Balaban J connectivity index is 1.56. The summed E-state index contributed by atoms with van der Waals surface area (Å²) in [5.41, 5.74) is 5.90. The first kappa shape index (κ1) is 21.2. The molecule has 2 aliphatic carbocycles. The van der Waals surface area contributed by atoms with Crippen LogP contribution in [-0.2, 0) is 4.79 Å². The first-order valence-corrected chi connectivity index (χ1v) is 11.2. The Morgan fingerprint density at radius 1 is 1.15 bits per heavy atom. The largest absolute Gasteiger partial charge is 0.348 e. The van der Waals surface area contributed by atoms with Gasteiger partial charge in [-0.1, -0.05) is 11.6 Å². The topological polar surface area (TPSA) is 103 Å². The van der Waals surface area contributed by atoms with E-state index in [0.717, 1.165) is 40.6 Å². The van der Waals surface area contributed by atoms with Crippen LogP contribution >= 0.6 is 0 Å². The van der Waals surface area contributed by atoms with Crippen molar-refractivity contribution in [3.8, 4) is 11.3 Å². The average Bonchev–Trinajstić information content (AvgIpc) is 3.56. The predicted octanol–water partition coefficient (Wildman–Crippen LogP) is 3.81. The number of amides is 1. The van der Waals surface area contributed by atoms with Crippen LogP contribution < -0.4 is 5.32 Å². The lowest BCUT2D eigenvalue weighted by atomic mass is 9.92. The normalized spacial score (nSPS) is 16.4. The second-order valence-electron chi connectivity index (χ2n) is 8.97. The zero-order valence-corrected chi connectivity index (χ0v) is 19.3. The van der Waals surface area contributed by atoms with Gasteiger partial charge in [0.2, 0.25) is 0 Å². The lowest BCUT2D eigenvalue weighted by molar-refractivity contribution is -0.115. The molecule has 3 aromatic heterocycles. The van der Waals surface area contributed by atoms with E-state index in [1.807, 2.05) is 38.5 Å². The maximum Gasteiger partial charge on any atom is 0.252 e. The van der Waals surface area contributed by atoms with Gasteiger partial charge in [0.1, 0.15) is 5.82 Å². The summed E-state index contributed by atoms with van der Waals surface area (Å²) in [5.74, 6) is 0.471. The molecule has 8 heteroatoms. The Morgan fingerprint density at radius 3 is 2.55 bits per heavy atom. The second kappa shape index (κ2) is 8.03. The molecule has 0 unspecified atom stereocenters. The third-order valence-corrected chi connectivity index (χ3v) is 6.19. The minimum atomic E-state index is -0.255. The summed E-state index contributed by atoms with van der Waals surface area (Å²) in [6.45, 7) is 7.77. The Morgan fingerprint density at radius 2 is 1.88 bits per heavy atom. The molecular formula is C25H26N6O2. The molecule has 1 saturated carbocycles. The summed E-state index contributed by atoms with van der Waals surface area (Å²) in [7, 11) is 0. The van der Waals surface area contributed by atoms with E-state index in [9.17, 15) is 9.59 Å². The van der Waals surface area contributed by atoms with Gasteiger partial charge >= 0.3 is 0 Å². The van der Waals surface area contributed by atoms with E-state index in [4.69, 9.17) is 10.1 Å². The maximum atomic E-state index is 13.4. The van der Waals surface area contributed by atoms with Crippen LogP contribution in [0.25, 0.3) is 22.3 Å². The fraction of sp³-hybridized carbons (Fsp3) is 0.360. The summed E-state index contributed by atoms with van der Waals surface area (Å²) < 4.78 is 1.94. The summed E-state index contributed by atoms with van der Waals surface area (Å²) in [6.07, 6.45) is 7.94. The van der Waals surface area contributed by atoms with Crippen molar-refractivity contribution in [3.05, 3.63) is 58.3 Å². The van der Waals surface area contributed by atoms with Crippen molar-refractivity contribution < 1.29 is 9.59 Å². The van der Waals surface area contributed by atoms with Crippen LogP contribution in [0, 0.1) is 13.8 Å². The van der Waals surface area contributed by atoms with Crippen molar-refractivity contribution in [2.45, 2.75) is 53.0 Å². The number of aryl methyl sites for hydroxylation is 2. The summed E-state index contributed by atoms with van der Waals surface area (Å²) in [4.78, 5) is 39.3. The van der Waals surface area contributed by atoms with Crippen molar-refractivity contribution in [1.82, 2.24) is 30.0 Å². The molecule has 1 amide bonds. The van der Waals surface area contributed by atoms with E-state index in [2.05, 4.69) is 15.3 Å². The molecule has 0 aliphatic heterocycles. The SMILES string of the molecule is CC1=CC(C)=C(CNC(=O)c2cc(-c3cnc(C)nc3)nc3c2c(C)nn3C2CC2)C(=O)C1. The van der Waals surface area contributed by atoms with Crippen molar-refractivity contribution in [2.24, 2.45) is 0 Å². The van der Waals surface area contributed by atoms with Crippen LogP contribution in [-0.4, -0.2) is 43.0 Å². The molecule has 5 rings (SSSR count). The molecule has 0 aromatic carbocycles. The molecule has 8 nitrogen and oxygen atoms in total. The van der Waals surface area contributed by atoms with Crippen LogP contribution in [0.3, 0.4) is 0 Å². The summed E-state index contributed by atoms with van der Waals surface area (Å²) in [6, 6.07) is 2.09. The molecule has 3 aromatic rings. The lowest BCUT2D eigenvalue weighted by Gasteiger charge is -2.16. The van der Waals surface area contributed by atoms with Gasteiger partial charge < -0.3 is 5.32 Å². The number of Topliss-reactive ketones (excluding diaryl/α,β-unsaturated/α-hetero) is 1. The molecule has 1 fully saturated rings. The molecule has 168 valence electrons. The number of nitrogens with zero attached hydrogens (tertiary/aromatic N) is 5. The van der Waals surface area contributed by atoms with Gasteiger partial charge in [0.15, 0.2) is 11.4 Å². The number of carbonyl (C=O) groups is 2. The summed E-state index contributed by atoms with van der Waals surface area (Å²) >= 11 is 0. The van der Waals surface area contributed by atoms with Gasteiger partial charge in [0, 0.05) is 36.5 Å². The van der Waals surface area contributed by atoms with Crippen LogP contribution in [0.5, 0.6) is 0 Å². The number of hydrogen-bond acceptors (Lipinski definition) is 6. The average molecular weight is 443 g/mol. The number of ketones is 1. The monoisotopic (exact) mass is 442 g/mol. The Kier molecular flexibility index (Phi) is 5.15. The molecule has 0 saturated heterocycles. The Bertz CT molecular complexity index is 1360. The van der Waals surface area contributed by atoms with Crippen molar-refractivity contribution in [3.63, 3.8) is 0 Å². The second-order valence-corrected chi connectivity index (χ2v) is 8.97. The highest BCUT2D eigenvalue weighted by Crippen LogP contribution is 2.38. The molecule has 33 heavy (non-hydrogen) atoms. The van der Waals surface area contributed by atoms with E-state index in [0.29, 0.717) is 40.8 Å². The molecule has 0 bridgehead atoms. The van der Waals surface area contributed by atoms with E-state index < -0.39 is 0 Å². The highest BCUT2D eigenvalue weighted by molar-refractivity contribution is 6.08. The molecular weight excluding hydrogens is 416 g/mol. The number of nitrogens with one attached hydrogen (secondary N) is 1. The zero-order chi connectivity index (χ0) is 23.3. The fourth-order valence-corrected chi connectivity index (χ4v) is 4.33. The van der Waals surface area contributed by atoms with Gasteiger partial charge in [0.05, 0.1) is 28.4 Å². The predicted molar refractivity (Wildman–Crippen MR) is 125 cm³/mol. The van der Waals surface area contributed by atoms with Crippen LogP contribution in [0.4, 0.5) is 0 Å². The molecule has 0 spiro atoms. The van der Waals surface area contributed by atoms with Crippen molar-refractivity contribution in [2.75, 3.05) is 6.54 Å². The number of allylic oxidation sites excluding steroid dienone is 3. The van der Waals surface area contributed by atoms with E-state index in [1.54, 1.807) is 18.5 Å². The molecule has 2 aliphatic rings. The van der Waals surface area contributed by atoms with Gasteiger partial charge in [-0.25, -0.2) is 19.6 Å². The van der Waals surface area contributed by atoms with E-state index in [1.165, 1.54) is 0 Å². The Hall–Kier alpha value is -3.68. The Labute approximate surface area is 191 Å². The molecule has 3 heterocycles. The smallest absolute Gasteiger partial charge is 0.252 e. The standard InChI is InChI=1S/C25H26N6O2/c1-13-7-14(2)20(22(32)8-13)12-28-25(33)19-9-21(17-10-26-16(4)27-11-17)29-24-23(19)15(3)30-31(24)18-5-6-18/h7,9-11,18H,5-6,8,12H2,1-4H3,(H,28,33). The first-order valence-electron chi connectivity index (χ1n) is 11.2. The highest BCUT2D eigenvalue weighted by Gasteiger charge is 2.30.